The number of carbonyl (C=O) groups is 1. The van der Waals surface area contributed by atoms with Gasteiger partial charge in [0.15, 0.2) is 6.10 Å². The molecule has 2 rings (SSSR count). The highest BCUT2D eigenvalue weighted by Crippen LogP contribution is 2.34. The van der Waals surface area contributed by atoms with E-state index in [1.54, 1.807) is 24.9 Å². The number of hydrogen-bond donors (Lipinski definition) is 2. The summed E-state index contributed by atoms with van der Waals surface area (Å²) in [6.45, 7) is 0.757. The molecule has 0 aliphatic carbocycles. The Hall–Kier alpha value is -1.04. The Labute approximate surface area is 104 Å². The first-order chi connectivity index (χ1) is 8.22. The number of aliphatic hydroxyl groups is 1. The molecule has 5 heteroatoms. The van der Waals surface area contributed by atoms with Crippen LogP contribution < -0.4 is 5.32 Å². The van der Waals surface area contributed by atoms with E-state index >= 15 is 0 Å². The van der Waals surface area contributed by atoms with Crippen LogP contribution in [0.1, 0.15) is 18.1 Å². The van der Waals surface area contributed by atoms with Gasteiger partial charge in [0.1, 0.15) is 0 Å². The number of carbonyl (C=O) groups excluding carboxylic acids is 1. The molecule has 92 valence electrons. The van der Waals surface area contributed by atoms with Gasteiger partial charge in [-0.15, -0.1) is 11.8 Å². The zero-order chi connectivity index (χ0) is 12.3. The topological polar surface area (TPSA) is 58.6 Å². The maximum Gasteiger partial charge on any atom is 0.257 e. The third-order valence-electron chi connectivity index (χ3n) is 2.59. The van der Waals surface area contributed by atoms with Crippen molar-refractivity contribution in [2.45, 2.75) is 17.4 Å². The van der Waals surface area contributed by atoms with Crippen LogP contribution in [-0.4, -0.2) is 30.5 Å². The number of fused-ring (bicyclic) bond motifs is 1. The number of thioether (sulfide) groups is 1. The molecule has 0 aromatic heterocycles. The first-order valence-electron chi connectivity index (χ1n) is 5.47. The van der Waals surface area contributed by atoms with Crippen molar-refractivity contribution < 1.29 is 14.6 Å². The van der Waals surface area contributed by atoms with Crippen molar-refractivity contribution in [2.24, 2.45) is 0 Å². The lowest BCUT2D eigenvalue weighted by Gasteiger charge is -2.04. The molecule has 1 aliphatic heterocycles. The number of nitrogens with one attached hydrogen (secondary N) is 1. The van der Waals surface area contributed by atoms with E-state index in [9.17, 15) is 9.90 Å². The van der Waals surface area contributed by atoms with Crippen molar-refractivity contribution in [3.05, 3.63) is 23.8 Å². The Bertz CT molecular complexity index is 422. The van der Waals surface area contributed by atoms with Crippen LogP contribution >= 0.6 is 11.8 Å². The van der Waals surface area contributed by atoms with E-state index in [1.165, 1.54) is 0 Å². The predicted molar refractivity (Wildman–Crippen MR) is 67.2 cm³/mol. The third-order valence-corrected chi connectivity index (χ3v) is 3.67. The minimum atomic E-state index is -1.02. The Morgan fingerprint density at radius 2 is 2.35 bits per heavy atom. The van der Waals surface area contributed by atoms with Crippen LogP contribution in [0, 0.1) is 0 Å². The second kappa shape index (κ2) is 5.53. The lowest BCUT2D eigenvalue weighted by Crippen LogP contribution is -2.10. The summed E-state index contributed by atoms with van der Waals surface area (Å²) in [5, 5.41) is 12.2. The van der Waals surface area contributed by atoms with Crippen molar-refractivity contribution in [1.82, 2.24) is 0 Å². The van der Waals surface area contributed by atoms with Gasteiger partial charge >= 0.3 is 0 Å². The van der Waals surface area contributed by atoms with Crippen molar-refractivity contribution in [1.29, 1.82) is 0 Å². The molecule has 0 saturated heterocycles. The van der Waals surface area contributed by atoms with Gasteiger partial charge in [0.2, 0.25) is 0 Å². The molecule has 2 N–H and O–H groups in total. The Balaban J connectivity index is 1.98. The van der Waals surface area contributed by atoms with Gasteiger partial charge in [0.05, 0.1) is 0 Å². The largest absolute Gasteiger partial charge is 0.385 e. The van der Waals surface area contributed by atoms with E-state index in [1.807, 2.05) is 12.1 Å². The number of anilines is 1. The highest BCUT2D eigenvalue weighted by Gasteiger charge is 2.28. The summed E-state index contributed by atoms with van der Waals surface area (Å²) in [6, 6.07) is 5.64. The second-order valence-electron chi connectivity index (χ2n) is 3.84. The summed E-state index contributed by atoms with van der Waals surface area (Å²) in [7, 11) is 1.69. The lowest BCUT2D eigenvalue weighted by atomic mass is 10.1. The number of aliphatic hydroxyl groups excluding tert-OH is 1. The van der Waals surface area contributed by atoms with E-state index in [0.717, 1.165) is 29.4 Å². The average Bonchev–Trinajstić information content (AvgIpc) is 2.61. The first kappa shape index (κ1) is 12.4. The van der Waals surface area contributed by atoms with Crippen LogP contribution in [0.3, 0.4) is 0 Å². The molecule has 0 saturated carbocycles. The summed E-state index contributed by atoms with van der Waals surface area (Å²) in [4.78, 5) is 12.3. The fraction of sp³-hybridized carbons (Fsp3) is 0.417. The summed E-state index contributed by atoms with van der Waals surface area (Å²) in [6.07, 6.45) is -0.0229. The predicted octanol–water partition coefficient (Wildman–Crippen LogP) is 1.80. The summed E-state index contributed by atoms with van der Waals surface area (Å²) >= 11 is 1.72. The van der Waals surface area contributed by atoms with Crippen molar-refractivity contribution >= 4 is 23.4 Å². The molecule has 1 aromatic rings. The van der Waals surface area contributed by atoms with Gasteiger partial charge in [-0.3, -0.25) is 4.79 Å². The highest BCUT2D eigenvalue weighted by molar-refractivity contribution is 7.99. The fourth-order valence-corrected chi connectivity index (χ4v) is 2.57. The van der Waals surface area contributed by atoms with E-state index in [-0.39, 0.29) is 5.91 Å². The van der Waals surface area contributed by atoms with Gasteiger partial charge in [0, 0.05) is 35.6 Å². The zero-order valence-electron chi connectivity index (χ0n) is 9.60. The van der Waals surface area contributed by atoms with Gasteiger partial charge in [-0.25, -0.2) is 0 Å². The highest BCUT2D eigenvalue weighted by atomic mass is 32.2. The number of hydrogen-bond acceptors (Lipinski definition) is 4. The third kappa shape index (κ3) is 2.80. The standard InChI is InChI=1S/C12H15NO3S/c1-16-5-2-6-17-8-3-4-9-10(7-8)13-12(15)11(9)14/h3-4,7,11,14H,2,5-6H2,1H3,(H,13,15). The quantitative estimate of drug-likeness (QED) is 0.620. The van der Waals surface area contributed by atoms with Crippen LogP contribution in [-0.2, 0) is 9.53 Å². The molecule has 0 spiro atoms. The molecule has 1 aromatic carbocycles. The minimum Gasteiger partial charge on any atom is -0.385 e. The van der Waals surface area contributed by atoms with Gasteiger partial charge < -0.3 is 15.2 Å². The molecule has 1 atom stereocenters. The molecule has 0 bridgehead atoms. The summed E-state index contributed by atoms with van der Waals surface area (Å²) in [5.74, 6) is 0.630. The summed E-state index contributed by atoms with van der Waals surface area (Å²) < 4.78 is 4.98. The smallest absolute Gasteiger partial charge is 0.257 e. The van der Waals surface area contributed by atoms with Crippen LogP contribution in [0.25, 0.3) is 0 Å². The zero-order valence-corrected chi connectivity index (χ0v) is 10.4. The van der Waals surface area contributed by atoms with E-state index in [4.69, 9.17) is 4.74 Å². The van der Waals surface area contributed by atoms with Crippen molar-refractivity contribution in [3.8, 4) is 0 Å². The van der Waals surface area contributed by atoms with Crippen LogP contribution in [0.15, 0.2) is 23.1 Å². The lowest BCUT2D eigenvalue weighted by molar-refractivity contribution is -0.123. The molecular formula is C12H15NO3S. The Morgan fingerprint density at radius 3 is 3.12 bits per heavy atom. The maximum absolute atomic E-state index is 11.3. The number of benzene rings is 1. The SMILES string of the molecule is COCCCSc1ccc2c(c1)NC(=O)C2O. The molecule has 1 aliphatic rings. The van der Waals surface area contributed by atoms with E-state index < -0.39 is 6.10 Å². The van der Waals surface area contributed by atoms with E-state index in [0.29, 0.717) is 5.56 Å². The molecule has 0 fully saturated rings. The normalized spacial score (nSPS) is 18.0. The average molecular weight is 253 g/mol. The fourth-order valence-electron chi connectivity index (χ4n) is 1.71. The van der Waals surface area contributed by atoms with Crippen molar-refractivity contribution in [3.63, 3.8) is 0 Å². The minimum absolute atomic E-state index is 0.346. The Kier molecular flexibility index (Phi) is 4.04. The first-order valence-corrected chi connectivity index (χ1v) is 6.45. The number of methoxy groups -OCH3 is 1. The van der Waals surface area contributed by atoms with Gasteiger partial charge in [0.25, 0.3) is 5.91 Å². The number of ether oxygens (including phenoxy) is 1. The number of rotatable bonds is 5. The second-order valence-corrected chi connectivity index (χ2v) is 5.00. The van der Waals surface area contributed by atoms with Crippen LogP contribution in [0.2, 0.25) is 0 Å². The van der Waals surface area contributed by atoms with Gasteiger partial charge in [-0.05, 0) is 18.6 Å². The van der Waals surface area contributed by atoms with Gasteiger partial charge in [-0.1, -0.05) is 6.07 Å². The molecule has 17 heavy (non-hydrogen) atoms. The molecule has 0 radical (unpaired) electrons. The van der Waals surface area contributed by atoms with Crippen LogP contribution in [0.5, 0.6) is 0 Å². The molecule has 1 heterocycles. The molecule has 4 nitrogen and oxygen atoms in total. The van der Waals surface area contributed by atoms with Crippen LogP contribution in [0.4, 0.5) is 5.69 Å². The molecular weight excluding hydrogens is 238 g/mol. The number of amides is 1. The van der Waals surface area contributed by atoms with Crippen molar-refractivity contribution in [2.75, 3.05) is 24.8 Å². The van der Waals surface area contributed by atoms with Gasteiger partial charge in [-0.2, -0.15) is 0 Å². The van der Waals surface area contributed by atoms with E-state index in [2.05, 4.69) is 5.32 Å². The molecule has 1 unspecified atom stereocenters. The molecule has 1 amide bonds. The summed E-state index contributed by atoms with van der Waals surface area (Å²) in [5.41, 5.74) is 1.38. The Morgan fingerprint density at radius 1 is 1.53 bits per heavy atom. The monoisotopic (exact) mass is 253 g/mol. The maximum atomic E-state index is 11.3.